The van der Waals surface area contributed by atoms with Crippen molar-refractivity contribution in [2.45, 2.75) is 26.2 Å². The number of carbonyl (C=O) groups is 1. The van der Waals surface area contributed by atoms with Crippen molar-refractivity contribution in [3.63, 3.8) is 0 Å². The van der Waals surface area contributed by atoms with Crippen LogP contribution in [-0.4, -0.2) is 12.1 Å². The molecule has 0 saturated heterocycles. The molecule has 0 aliphatic carbocycles. The second-order valence-electron chi connectivity index (χ2n) is 6.05. The maximum absolute atomic E-state index is 12.0. The van der Waals surface area contributed by atoms with Crippen molar-refractivity contribution in [3.05, 3.63) is 69.7 Å². The highest BCUT2D eigenvalue weighted by Crippen LogP contribution is 2.21. The van der Waals surface area contributed by atoms with Crippen LogP contribution in [0, 0.1) is 0 Å². The van der Waals surface area contributed by atoms with E-state index in [9.17, 15) is 4.79 Å². The summed E-state index contributed by atoms with van der Waals surface area (Å²) in [4.78, 5) is 12.0. The van der Waals surface area contributed by atoms with Crippen molar-refractivity contribution in [1.82, 2.24) is 5.43 Å². The smallest absolute Gasteiger partial charge is 0.267 e. The Morgan fingerprint density at radius 3 is 2.32 bits per heavy atom. The van der Waals surface area contributed by atoms with Crippen LogP contribution >= 0.6 is 15.9 Å². The highest BCUT2D eigenvalue weighted by molar-refractivity contribution is 9.10. The Morgan fingerprint density at radius 2 is 1.73 bits per heavy atom. The molecule has 0 spiro atoms. The van der Waals surface area contributed by atoms with E-state index in [1.54, 1.807) is 12.3 Å². The highest BCUT2D eigenvalue weighted by atomic mass is 79.9. The number of hydrogen-bond acceptors (Lipinski definition) is 2. The molecule has 0 heterocycles. The molecule has 0 saturated carbocycles. The molecule has 0 bridgehead atoms. The number of benzene rings is 2. The lowest BCUT2D eigenvalue weighted by atomic mass is 9.87. The molecule has 3 nitrogen and oxygen atoms in total. The molecule has 0 radical (unpaired) electrons. The molecular weight excluding hydrogens is 340 g/mol. The van der Waals surface area contributed by atoms with Gasteiger partial charge in [-0.3, -0.25) is 4.79 Å². The first-order chi connectivity index (χ1) is 10.4. The second-order valence-corrected chi connectivity index (χ2v) is 6.91. The third-order valence-corrected chi connectivity index (χ3v) is 3.97. The summed E-state index contributed by atoms with van der Waals surface area (Å²) < 4.78 is 0.747. The summed E-state index contributed by atoms with van der Waals surface area (Å²) >= 11 is 3.35. The predicted molar refractivity (Wildman–Crippen MR) is 94.3 cm³/mol. The number of nitrogens with zero attached hydrogens (tertiary/aromatic N) is 1. The maximum atomic E-state index is 12.0. The lowest BCUT2D eigenvalue weighted by Crippen LogP contribution is -2.18. The van der Waals surface area contributed by atoms with Crippen LogP contribution in [0.3, 0.4) is 0 Å². The fraction of sp³-hybridized carbons (Fsp3) is 0.222. The van der Waals surface area contributed by atoms with Gasteiger partial charge in [0.25, 0.3) is 5.91 Å². The molecule has 0 aliphatic rings. The topological polar surface area (TPSA) is 41.5 Å². The molecule has 1 amide bonds. The van der Waals surface area contributed by atoms with Crippen LogP contribution in [-0.2, 0) is 5.41 Å². The van der Waals surface area contributed by atoms with Crippen LogP contribution in [0.15, 0.2) is 58.1 Å². The molecule has 0 unspecified atom stereocenters. The van der Waals surface area contributed by atoms with E-state index in [4.69, 9.17) is 0 Å². The van der Waals surface area contributed by atoms with Crippen molar-refractivity contribution in [2.24, 2.45) is 5.10 Å². The van der Waals surface area contributed by atoms with Gasteiger partial charge in [0, 0.05) is 4.47 Å². The van der Waals surface area contributed by atoms with Gasteiger partial charge < -0.3 is 0 Å². The van der Waals surface area contributed by atoms with Gasteiger partial charge in [-0.05, 0) is 44.6 Å². The number of nitrogens with one attached hydrogen (secondary N) is 1. The minimum Gasteiger partial charge on any atom is -0.267 e. The molecule has 22 heavy (non-hydrogen) atoms. The van der Waals surface area contributed by atoms with Gasteiger partial charge in [-0.1, -0.05) is 57.2 Å². The van der Waals surface area contributed by atoms with Crippen molar-refractivity contribution in [2.75, 3.05) is 0 Å². The maximum Gasteiger partial charge on any atom is 0.272 e. The molecule has 2 aromatic carbocycles. The van der Waals surface area contributed by atoms with E-state index in [1.807, 2.05) is 30.3 Å². The van der Waals surface area contributed by atoms with E-state index in [1.165, 1.54) is 5.56 Å². The number of rotatable bonds is 3. The van der Waals surface area contributed by atoms with Crippen molar-refractivity contribution < 1.29 is 4.79 Å². The number of amides is 1. The van der Waals surface area contributed by atoms with E-state index in [2.05, 4.69) is 59.4 Å². The summed E-state index contributed by atoms with van der Waals surface area (Å²) in [7, 11) is 0. The Hall–Kier alpha value is -1.94. The summed E-state index contributed by atoms with van der Waals surface area (Å²) in [5.41, 5.74) is 5.43. The fourth-order valence-electron chi connectivity index (χ4n) is 1.94. The Balaban J connectivity index is 2.01. The molecule has 114 valence electrons. The largest absolute Gasteiger partial charge is 0.272 e. The zero-order valence-corrected chi connectivity index (χ0v) is 14.5. The van der Waals surface area contributed by atoms with Gasteiger partial charge in [0.05, 0.1) is 11.8 Å². The standard InChI is InChI=1S/C18H19BrN2O/c1-18(2,3)14-10-8-13(9-11-14)12-20-21-17(22)15-6-4-5-7-16(15)19/h4-12H,1-3H3,(H,21,22). The van der Waals surface area contributed by atoms with Gasteiger partial charge in [0.2, 0.25) is 0 Å². The Labute approximate surface area is 139 Å². The average molecular weight is 359 g/mol. The Morgan fingerprint density at radius 1 is 1.09 bits per heavy atom. The zero-order chi connectivity index (χ0) is 16.2. The van der Waals surface area contributed by atoms with Crippen LogP contribution in [0.4, 0.5) is 0 Å². The monoisotopic (exact) mass is 358 g/mol. The van der Waals surface area contributed by atoms with Crippen molar-refractivity contribution in [1.29, 1.82) is 0 Å². The SMILES string of the molecule is CC(C)(C)c1ccc(C=NNC(=O)c2ccccc2Br)cc1. The van der Waals surface area contributed by atoms with Crippen LogP contribution in [0.1, 0.15) is 42.3 Å². The Kier molecular flexibility index (Phi) is 5.14. The first-order valence-corrected chi connectivity index (χ1v) is 7.86. The van der Waals surface area contributed by atoms with Crippen LogP contribution in [0.2, 0.25) is 0 Å². The predicted octanol–water partition coefficient (Wildman–Crippen LogP) is 4.51. The van der Waals surface area contributed by atoms with Crippen LogP contribution < -0.4 is 5.43 Å². The van der Waals surface area contributed by atoms with Gasteiger partial charge in [-0.25, -0.2) is 5.43 Å². The summed E-state index contributed by atoms with van der Waals surface area (Å²) in [6.07, 6.45) is 1.64. The van der Waals surface area contributed by atoms with Crippen molar-refractivity contribution >= 4 is 28.1 Å². The normalized spacial score (nSPS) is 11.6. The van der Waals surface area contributed by atoms with Gasteiger partial charge >= 0.3 is 0 Å². The molecule has 4 heteroatoms. The van der Waals surface area contributed by atoms with E-state index in [0.29, 0.717) is 5.56 Å². The zero-order valence-electron chi connectivity index (χ0n) is 12.9. The van der Waals surface area contributed by atoms with Crippen molar-refractivity contribution in [3.8, 4) is 0 Å². The fourth-order valence-corrected chi connectivity index (χ4v) is 2.41. The van der Waals surface area contributed by atoms with Crippen LogP contribution in [0.5, 0.6) is 0 Å². The molecule has 1 N–H and O–H groups in total. The first-order valence-electron chi connectivity index (χ1n) is 7.06. The van der Waals surface area contributed by atoms with E-state index in [0.717, 1.165) is 10.0 Å². The molecule has 0 aliphatic heterocycles. The van der Waals surface area contributed by atoms with Gasteiger partial charge in [-0.15, -0.1) is 0 Å². The van der Waals surface area contributed by atoms with E-state index >= 15 is 0 Å². The van der Waals surface area contributed by atoms with Crippen LogP contribution in [0.25, 0.3) is 0 Å². The second kappa shape index (κ2) is 6.88. The summed E-state index contributed by atoms with van der Waals surface area (Å²) in [5.74, 6) is -0.241. The molecule has 2 rings (SSSR count). The number of halogens is 1. The molecule has 0 aromatic heterocycles. The molecular formula is C18H19BrN2O. The number of hydrazone groups is 1. The summed E-state index contributed by atoms with van der Waals surface area (Å²) in [5, 5.41) is 4.01. The molecule has 2 aromatic rings. The molecule has 0 atom stereocenters. The number of carbonyl (C=O) groups excluding carboxylic acids is 1. The lowest BCUT2D eigenvalue weighted by molar-refractivity contribution is 0.0954. The minimum atomic E-state index is -0.241. The number of hydrogen-bond donors (Lipinski definition) is 1. The Bertz CT molecular complexity index is 685. The highest BCUT2D eigenvalue weighted by Gasteiger charge is 2.12. The third kappa shape index (κ3) is 4.28. The first kappa shape index (κ1) is 16.4. The third-order valence-electron chi connectivity index (χ3n) is 3.27. The quantitative estimate of drug-likeness (QED) is 0.636. The lowest BCUT2D eigenvalue weighted by Gasteiger charge is -2.18. The van der Waals surface area contributed by atoms with Gasteiger partial charge in [-0.2, -0.15) is 5.10 Å². The van der Waals surface area contributed by atoms with Gasteiger partial charge in [0.15, 0.2) is 0 Å². The average Bonchev–Trinajstić information content (AvgIpc) is 2.47. The van der Waals surface area contributed by atoms with E-state index < -0.39 is 0 Å². The van der Waals surface area contributed by atoms with Gasteiger partial charge in [0.1, 0.15) is 0 Å². The molecule has 0 fully saturated rings. The summed E-state index contributed by atoms with van der Waals surface area (Å²) in [6.45, 7) is 6.52. The minimum absolute atomic E-state index is 0.128. The summed E-state index contributed by atoms with van der Waals surface area (Å²) in [6, 6.07) is 15.4. The van der Waals surface area contributed by atoms with E-state index in [-0.39, 0.29) is 11.3 Å².